The van der Waals surface area contributed by atoms with Gasteiger partial charge in [0.2, 0.25) is 0 Å². The Morgan fingerprint density at radius 2 is 1.50 bits per heavy atom. The highest BCUT2D eigenvalue weighted by molar-refractivity contribution is 6.08. The fraction of sp³-hybridized carbons (Fsp3) is 0.130. The van der Waals surface area contributed by atoms with Crippen LogP contribution in [0.25, 0.3) is 0 Å². The van der Waals surface area contributed by atoms with E-state index in [2.05, 4.69) is 5.32 Å². The third-order valence-corrected chi connectivity index (χ3v) is 4.27. The summed E-state index contributed by atoms with van der Waals surface area (Å²) in [5, 5.41) is 2.80. The highest BCUT2D eigenvalue weighted by Crippen LogP contribution is 2.16. The number of hydrogen-bond donors (Lipinski definition) is 1. The van der Waals surface area contributed by atoms with Crippen molar-refractivity contribution in [3.8, 4) is 5.75 Å². The van der Waals surface area contributed by atoms with Crippen molar-refractivity contribution in [3.63, 3.8) is 0 Å². The van der Waals surface area contributed by atoms with Crippen LogP contribution in [0.15, 0.2) is 78.9 Å². The number of carbonyl (C=O) groups excluding carboxylic acids is 2. The minimum atomic E-state index is -0.320. The molecular formula is C23H20FNO3. The van der Waals surface area contributed by atoms with Crippen molar-refractivity contribution in [2.45, 2.75) is 13.0 Å². The molecule has 0 heterocycles. The lowest BCUT2D eigenvalue weighted by Crippen LogP contribution is -2.31. The van der Waals surface area contributed by atoms with E-state index >= 15 is 0 Å². The summed E-state index contributed by atoms with van der Waals surface area (Å²) in [6, 6.07) is 21.4. The van der Waals surface area contributed by atoms with Crippen molar-refractivity contribution in [2.24, 2.45) is 0 Å². The number of carbonyl (C=O) groups is 2. The third-order valence-electron chi connectivity index (χ3n) is 4.27. The van der Waals surface area contributed by atoms with Gasteiger partial charge < -0.3 is 10.1 Å². The molecule has 1 atom stereocenters. The zero-order valence-corrected chi connectivity index (χ0v) is 15.4. The first-order valence-electron chi connectivity index (χ1n) is 8.90. The molecule has 0 spiro atoms. The summed E-state index contributed by atoms with van der Waals surface area (Å²) in [6.07, 6.45) is 0. The van der Waals surface area contributed by atoms with Gasteiger partial charge in [0.1, 0.15) is 11.6 Å². The summed E-state index contributed by atoms with van der Waals surface area (Å²) in [6.45, 7) is 1.66. The van der Waals surface area contributed by atoms with Gasteiger partial charge >= 0.3 is 0 Å². The molecule has 0 saturated carbocycles. The van der Waals surface area contributed by atoms with E-state index < -0.39 is 0 Å². The number of hydrogen-bond acceptors (Lipinski definition) is 3. The van der Waals surface area contributed by atoms with Crippen LogP contribution in [0, 0.1) is 5.82 Å². The molecule has 3 aromatic carbocycles. The molecule has 1 amide bonds. The molecule has 0 radical (unpaired) electrons. The van der Waals surface area contributed by atoms with Gasteiger partial charge in [-0.3, -0.25) is 9.59 Å². The largest absolute Gasteiger partial charge is 0.484 e. The number of ether oxygens (including phenoxy) is 1. The normalized spacial score (nSPS) is 11.5. The van der Waals surface area contributed by atoms with E-state index in [0.717, 1.165) is 5.56 Å². The van der Waals surface area contributed by atoms with Crippen molar-refractivity contribution in [1.82, 2.24) is 5.32 Å². The predicted molar refractivity (Wildman–Crippen MR) is 105 cm³/mol. The number of amides is 1. The molecular weight excluding hydrogens is 357 g/mol. The predicted octanol–water partition coefficient (Wildman–Crippen LogP) is 4.31. The van der Waals surface area contributed by atoms with Crippen LogP contribution >= 0.6 is 0 Å². The average molecular weight is 377 g/mol. The van der Waals surface area contributed by atoms with E-state index in [1.807, 2.05) is 25.1 Å². The van der Waals surface area contributed by atoms with E-state index in [0.29, 0.717) is 16.9 Å². The number of benzene rings is 3. The number of nitrogens with one attached hydrogen (secondary N) is 1. The minimum absolute atomic E-state index is 0.0713. The Morgan fingerprint density at radius 1 is 0.893 bits per heavy atom. The molecule has 4 nitrogen and oxygen atoms in total. The summed E-state index contributed by atoms with van der Waals surface area (Å²) in [4.78, 5) is 24.4. The first-order valence-corrected chi connectivity index (χ1v) is 8.90. The van der Waals surface area contributed by atoms with Gasteiger partial charge in [0, 0.05) is 11.1 Å². The lowest BCUT2D eigenvalue weighted by Gasteiger charge is -2.15. The molecule has 0 aliphatic heterocycles. The van der Waals surface area contributed by atoms with Gasteiger partial charge in [-0.15, -0.1) is 0 Å². The van der Waals surface area contributed by atoms with Gasteiger partial charge in [-0.05, 0) is 48.9 Å². The molecule has 0 bridgehead atoms. The fourth-order valence-corrected chi connectivity index (χ4v) is 2.73. The Morgan fingerprint density at radius 3 is 2.14 bits per heavy atom. The summed E-state index contributed by atoms with van der Waals surface area (Å²) < 4.78 is 18.4. The van der Waals surface area contributed by atoms with Gasteiger partial charge in [-0.25, -0.2) is 4.39 Å². The average Bonchev–Trinajstić information content (AvgIpc) is 2.73. The summed E-state index contributed by atoms with van der Waals surface area (Å²) in [5.41, 5.74) is 1.97. The summed E-state index contributed by atoms with van der Waals surface area (Å²) in [7, 11) is 0. The van der Waals surface area contributed by atoms with Crippen LogP contribution < -0.4 is 10.1 Å². The SMILES string of the molecule is CC(NC(=O)COc1ccc(C(=O)c2ccccc2)cc1)c1ccc(F)cc1. The Bertz CT molecular complexity index is 938. The van der Waals surface area contributed by atoms with Crippen LogP contribution in [-0.2, 0) is 4.79 Å². The monoisotopic (exact) mass is 377 g/mol. The van der Waals surface area contributed by atoms with E-state index in [1.165, 1.54) is 12.1 Å². The highest BCUT2D eigenvalue weighted by Gasteiger charge is 2.11. The Kier molecular flexibility index (Phi) is 6.17. The smallest absolute Gasteiger partial charge is 0.258 e. The van der Waals surface area contributed by atoms with E-state index in [-0.39, 0.29) is 30.2 Å². The van der Waals surface area contributed by atoms with Crippen molar-refractivity contribution < 1.29 is 18.7 Å². The second-order valence-electron chi connectivity index (χ2n) is 6.35. The third kappa shape index (κ3) is 5.04. The Labute approximate surface area is 163 Å². The molecule has 142 valence electrons. The lowest BCUT2D eigenvalue weighted by atomic mass is 10.0. The molecule has 0 aromatic heterocycles. The van der Waals surface area contributed by atoms with E-state index in [1.54, 1.807) is 48.5 Å². The van der Waals surface area contributed by atoms with Crippen molar-refractivity contribution in [3.05, 3.63) is 101 Å². The van der Waals surface area contributed by atoms with Crippen LogP contribution in [0.5, 0.6) is 5.75 Å². The van der Waals surface area contributed by atoms with Crippen molar-refractivity contribution in [2.75, 3.05) is 6.61 Å². The van der Waals surface area contributed by atoms with Gasteiger partial charge in [0.05, 0.1) is 6.04 Å². The Hall–Kier alpha value is -3.47. The number of rotatable bonds is 7. The molecule has 1 N–H and O–H groups in total. The van der Waals surface area contributed by atoms with E-state index in [4.69, 9.17) is 4.74 Å². The summed E-state index contributed by atoms with van der Waals surface area (Å²) >= 11 is 0. The van der Waals surface area contributed by atoms with Crippen LogP contribution in [0.4, 0.5) is 4.39 Å². The quantitative estimate of drug-likeness (QED) is 0.624. The molecule has 0 aliphatic carbocycles. The molecule has 5 heteroatoms. The molecule has 0 aliphatic rings. The van der Waals surface area contributed by atoms with Gasteiger partial charge in [-0.1, -0.05) is 42.5 Å². The van der Waals surface area contributed by atoms with Gasteiger partial charge in [0.25, 0.3) is 5.91 Å². The second kappa shape index (κ2) is 8.95. The first-order chi connectivity index (χ1) is 13.5. The van der Waals surface area contributed by atoms with Crippen LogP contribution in [-0.4, -0.2) is 18.3 Å². The maximum absolute atomic E-state index is 13.0. The molecule has 0 saturated heterocycles. The summed E-state index contributed by atoms with van der Waals surface area (Å²) in [5.74, 6) is -0.187. The van der Waals surface area contributed by atoms with Crippen LogP contribution in [0.2, 0.25) is 0 Å². The number of halogens is 1. The van der Waals surface area contributed by atoms with Crippen molar-refractivity contribution in [1.29, 1.82) is 0 Å². The van der Waals surface area contributed by atoms with Crippen LogP contribution in [0.3, 0.4) is 0 Å². The standard InChI is InChI=1S/C23H20FNO3/c1-16(17-7-11-20(24)12-8-17)25-22(26)15-28-21-13-9-19(10-14-21)23(27)18-5-3-2-4-6-18/h2-14,16H,15H2,1H3,(H,25,26). The molecule has 28 heavy (non-hydrogen) atoms. The Balaban J connectivity index is 1.52. The maximum atomic E-state index is 13.0. The lowest BCUT2D eigenvalue weighted by molar-refractivity contribution is -0.123. The second-order valence-corrected chi connectivity index (χ2v) is 6.35. The maximum Gasteiger partial charge on any atom is 0.258 e. The van der Waals surface area contributed by atoms with Crippen LogP contribution in [0.1, 0.15) is 34.5 Å². The molecule has 1 unspecified atom stereocenters. The molecule has 0 fully saturated rings. The zero-order chi connectivity index (χ0) is 19.9. The zero-order valence-electron chi connectivity index (χ0n) is 15.4. The first kappa shape index (κ1) is 19.3. The topological polar surface area (TPSA) is 55.4 Å². The van der Waals surface area contributed by atoms with Gasteiger partial charge in [0.15, 0.2) is 12.4 Å². The molecule has 3 aromatic rings. The van der Waals surface area contributed by atoms with Crippen molar-refractivity contribution >= 4 is 11.7 Å². The molecule has 3 rings (SSSR count). The highest BCUT2D eigenvalue weighted by atomic mass is 19.1. The fourth-order valence-electron chi connectivity index (χ4n) is 2.73. The van der Waals surface area contributed by atoms with E-state index in [9.17, 15) is 14.0 Å². The van der Waals surface area contributed by atoms with Gasteiger partial charge in [-0.2, -0.15) is 0 Å². The minimum Gasteiger partial charge on any atom is -0.484 e. The number of ketones is 1.